The summed E-state index contributed by atoms with van der Waals surface area (Å²) in [5.74, 6) is 0.419. The van der Waals surface area contributed by atoms with Gasteiger partial charge < -0.3 is 15.0 Å². The van der Waals surface area contributed by atoms with Crippen molar-refractivity contribution < 1.29 is 9.50 Å². The van der Waals surface area contributed by atoms with Crippen LogP contribution in [-0.4, -0.2) is 34.3 Å². The molecule has 1 aliphatic rings. The third kappa shape index (κ3) is 1.35. The van der Waals surface area contributed by atoms with Gasteiger partial charge in [-0.05, 0) is 18.2 Å². The molecule has 0 amide bonds. The van der Waals surface area contributed by atoms with Crippen LogP contribution in [0.15, 0.2) is 18.2 Å². The quantitative estimate of drug-likeness (QED) is 0.730. The number of aliphatic hydroxyl groups is 1. The molecule has 0 atom stereocenters. The molecule has 2 heterocycles. The molecule has 1 aromatic carbocycles. The van der Waals surface area contributed by atoms with Crippen LogP contribution in [0.5, 0.6) is 0 Å². The first-order valence-corrected chi connectivity index (χ1v) is 4.80. The van der Waals surface area contributed by atoms with E-state index in [4.69, 9.17) is 5.11 Å². The summed E-state index contributed by atoms with van der Waals surface area (Å²) in [5, 5.41) is 9.16. The van der Waals surface area contributed by atoms with Gasteiger partial charge in [0.1, 0.15) is 5.82 Å². The van der Waals surface area contributed by atoms with E-state index in [9.17, 15) is 4.39 Å². The molecule has 15 heavy (non-hydrogen) atoms. The Balaban J connectivity index is 1.99. The molecule has 0 unspecified atom stereocenters. The lowest BCUT2D eigenvalue weighted by atomic mass is 10.2. The molecule has 3 rings (SSSR count). The number of aromatic amines is 1. The Morgan fingerprint density at radius 2 is 2.27 bits per heavy atom. The van der Waals surface area contributed by atoms with Crippen LogP contribution in [0.25, 0.3) is 11.0 Å². The zero-order chi connectivity index (χ0) is 10.4. The smallest absolute Gasteiger partial charge is 0.204 e. The van der Waals surface area contributed by atoms with E-state index in [-0.39, 0.29) is 11.9 Å². The number of H-pyrrole nitrogens is 1. The number of fused-ring (bicyclic) bond motifs is 1. The normalized spacial score (nSPS) is 17.1. The van der Waals surface area contributed by atoms with Crippen molar-refractivity contribution >= 4 is 17.0 Å². The van der Waals surface area contributed by atoms with Gasteiger partial charge in [-0.1, -0.05) is 0 Å². The summed E-state index contributed by atoms with van der Waals surface area (Å²) in [5.41, 5.74) is 1.43. The SMILES string of the molecule is OC1CN(c2nc3ccc(F)cc3[nH]2)C1. The Morgan fingerprint density at radius 3 is 3.00 bits per heavy atom. The average molecular weight is 207 g/mol. The van der Waals surface area contributed by atoms with Crippen molar-refractivity contribution in [2.24, 2.45) is 0 Å². The molecule has 1 aromatic heterocycles. The molecule has 1 fully saturated rings. The second-order valence-corrected chi connectivity index (χ2v) is 3.78. The number of nitrogens with zero attached hydrogens (tertiary/aromatic N) is 2. The summed E-state index contributed by atoms with van der Waals surface area (Å²) in [6.07, 6.45) is -0.269. The van der Waals surface area contributed by atoms with Gasteiger partial charge in [-0.2, -0.15) is 0 Å². The second kappa shape index (κ2) is 2.93. The predicted octanol–water partition coefficient (Wildman–Crippen LogP) is 0.883. The highest BCUT2D eigenvalue weighted by Gasteiger charge is 2.26. The second-order valence-electron chi connectivity index (χ2n) is 3.78. The molecule has 0 saturated carbocycles. The van der Waals surface area contributed by atoms with E-state index in [1.807, 2.05) is 4.90 Å². The number of hydrogen-bond donors (Lipinski definition) is 2. The molecule has 0 aliphatic carbocycles. The third-order valence-electron chi connectivity index (χ3n) is 2.59. The molecule has 0 bridgehead atoms. The molecule has 0 radical (unpaired) electrons. The molecule has 1 aliphatic heterocycles. The minimum absolute atomic E-state index is 0.269. The minimum Gasteiger partial charge on any atom is -0.389 e. The van der Waals surface area contributed by atoms with Crippen molar-refractivity contribution in [2.45, 2.75) is 6.10 Å². The van der Waals surface area contributed by atoms with Gasteiger partial charge in [-0.3, -0.25) is 0 Å². The highest BCUT2D eigenvalue weighted by Crippen LogP contribution is 2.21. The topological polar surface area (TPSA) is 52.1 Å². The number of nitrogens with one attached hydrogen (secondary N) is 1. The lowest BCUT2D eigenvalue weighted by molar-refractivity contribution is 0.140. The Morgan fingerprint density at radius 1 is 1.47 bits per heavy atom. The summed E-state index contributed by atoms with van der Waals surface area (Å²) in [4.78, 5) is 9.24. The molecule has 1 saturated heterocycles. The maximum Gasteiger partial charge on any atom is 0.204 e. The number of aliphatic hydroxyl groups excluding tert-OH is 1. The zero-order valence-corrected chi connectivity index (χ0v) is 7.94. The fourth-order valence-corrected chi connectivity index (χ4v) is 1.75. The van der Waals surface area contributed by atoms with Crippen LogP contribution in [0.1, 0.15) is 0 Å². The van der Waals surface area contributed by atoms with Crippen LogP contribution >= 0.6 is 0 Å². The number of hydrogen-bond acceptors (Lipinski definition) is 3. The van der Waals surface area contributed by atoms with E-state index in [1.54, 1.807) is 6.07 Å². The lowest BCUT2D eigenvalue weighted by Crippen LogP contribution is -2.51. The molecular formula is C10H10FN3O. The van der Waals surface area contributed by atoms with Gasteiger partial charge in [0.15, 0.2) is 0 Å². The van der Waals surface area contributed by atoms with E-state index < -0.39 is 0 Å². The Bertz CT molecular complexity index is 504. The maximum atomic E-state index is 12.9. The molecule has 2 N–H and O–H groups in total. The monoisotopic (exact) mass is 207 g/mol. The third-order valence-corrected chi connectivity index (χ3v) is 2.59. The number of anilines is 1. The molecular weight excluding hydrogens is 197 g/mol. The number of aromatic nitrogens is 2. The number of benzene rings is 1. The summed E-state index contributed by atoms with van der Waals surface area (Å²) in [7, 11) is 0. The van der Waals surface area contributed by atoms with Crippen molar-refractivity contribution in [1.82, 2.24) is 9.97 Å². The van der Waals surface area contributed by atoms with Crippen LogP contribution in [0, 0.1) is 5.82 Å². The molecule has 78 valence electrons. The Labute approximate surface area is 85.4 Å². The van der Waals surface area contributed by atoms with Crippen LogP contribution in [0.3, 0.4) is 0 Å². The van der Waals surface area contributed by atoms with Crippen molar-refractivity contribution in [1.29, 1.82) is 0 Å². The largest absolute Gasteiger partial charge is 0.389 e. The van der Waals surface area contributed by atoms with Crippen molar-refractivity contribution in [2.75, 3.05) is 18.0 Å². The summed E-state index contributed by atoms with van der Waals surface area (Å²) in [6, 6.07) is 4.45. The fourth-order valence-electron chi connectivity index (χ4n) is 1.75. The van der Waals surface area contributed by atoms with Crippen molar-refractivity contribution in [3.8, 4) is 0 Å². The number of halogens is 1. The van der Waals surface area contributed by atoms with Crippen LogP contribution in [0.4, 0.5) is 10.3 Å². The summed E-state index contributed by atoms with van der Waals surface area (Å²) < 4.78 is 12.9. The molecule has 5 heteroatoms. The first-order valence-electron chi connectivity index (χ1n) is 4.80. The number of rotatable bonds is 1. The zero-order valence-electron chi connectivity index (χ0n) is 7.94. The van der Waals surface area contributed by atoms with E-state index in [1.165, 1.54) is 12.1 Å². The van der Waals surface area contributed by atoms with Crippen LogP contribution in [0.2, 0.25) is 0 Å². The van der Waals surface area contributed by atoms with Crippen molar-refractivity contribution in [3.05, 3.63) is 24.0 Å². The van der Waals surface area contributed by atoms with E-state index in [0.29, 0.717) is 24.6 Å². The van der Waals surface area contributed by atoms with Gasteiger partial charge >= 0.3 is 0 Å². The Kier molecular flexibility index (Phi) is 1.70. The van der Waals surface area contributed by atoms with Crippen LogP contribution in [-0.2, 0) is 0 Å². The minimum atomic E-state index is -0.277. The average Bonchev–Trinajstić information content (AvgIpc) is 2.55. The van der Waals surface area contributed by atoms with Gasteiger partial charge in [0.25, 0.3) is 0 Å². The first kappa shape index (κ1) is 8.67. The van der Waals surface area contributed by atoms with Gasteiger partial charge in [0.2, 0.25) is 5.95 Å². The molecule has 0 spiro atoms. The maximum absolute atomic E-state index is 12.9. The van der Waals surface area contributed by atoms with E-state index in [0.717, 1.165) is 5.52 Å². The van der Waals surface area contributed by atoms with Gasteiger partial charge in [0.05, 0.1) is 17.1 Å². The number of β-amino-alcohol motifs (C(OH)–C–C–N with tert-alkyl or cyclic N) is 1. The fraction of sp³-hybridized carbons (Fsp3) is 0.300. The first-order chi connectivity index (χ1) is 7.22. The highest BCUT2D eigenvalue weighted by molar-refractivity contribution is 5.77. The standard InChI is InChI=1S/C10H10FN3O/c11-6-1-2-8-9(3-6)13-10(12-8)14-4-7(15)5-14/h1-3,7,15H,4-5H2,(H,12,13). The molecule has 4 nitrogen and oxygen atoms in total. The lowest BCUT2D eigenvalue weighted by Gasteiger charge is -2.35. The predicted molar refractivity (Wildman–Crippen MR) is 54.3 cm³/mol. The van der Waals surface area contributed by atoms with Gasteiger partial charge in [-0.25, -0.2) is 9.37 Å². The van der Waals surface area contributed by atoms with Crippen molar-refractivity contribution in [3.63, 3.8) is 0 Å². The van der Waals surface area contributed by atoms with Crippen LogP contribution < -0.4 is 4.90 Å². The van der Waals surface area contributed by atoms with Gasteiger partial charge in [0, 0.05) is 13.1 Å². The van der Waals surface area contributed by atoms with E-state index >= 15 is 0 Å². The summed E-state index contributed by atoms with van der Waals surface area (Å²) >= 11 is 0. The summed E-state index contributed by atoms with van der Waals surface area (Å²) in [6.45, 7) is 1.17. The van der Waals surface area contributed by atoms with E-state index in [2.05, 4.69) is 9.97 Å². The van der Waals surface area contributed by atoms with Gasteiger partial charge in [-0.15, -0.1) is 0 Å². The highest BCUT2D eigenvalue weighted by atomic mass is 19.1. The number of imidazole rings is 1. The molecule has 2 aromatic rings. The Hall–Kier alpha value is -1.62.